The number of nitrogens with zero attached hydrogens (tertiary/aromatic N) is 2. The van der Waals surface area contributed by atoms with E-state index < -0.39 is 24.2 Å². The summed E-state index contributed by atoms with van der Waals surface area (Å²) in [5, 5.41) is 4.69. The van der Waals surface area contributed by atoms with Crippen LogP contribution in [0.4, 0.5) is 18.9 Å². The fraction of sp³-hybridized carbons (Fsp3) is 0.188. The molecular weight excluding hydrogens is 407 g/mol. The molecule has 0 aliphatic carbocycles. The molecule has 11 heteroatoms. The lowest BCUT2D eigenvalue weighted by Crippen LogP contribution is -2.28. The fourth-order valence-electron chi connectivity index (χ4n) is 2.24. The monoisotopic (exact) mass is 417 g/mol. The molecule has 3 aromatic rings. The number of halogens is 4. The first-order valence-corrected chi connectivity index (χ1v) is 8.70. The van der Waals surface area contributed by atoms with Gasteiger partial charge in [-0.05, 0) is 29.6 Å². The number of thiophene rings is 1. The maximum atomic E-state index is 12.4. The number of hydrogen-bond acceptors (Lipinski definition) is 5. The van der Waals surface area contributed by atoms with Gasteiger partial charge in [-0.1, -0.05) is 11.6 Å². The molecule has 0 bridgehead atoms. The third-order valence-corrected chi connectivity index (χ3v) is 4.43. The second-order valence-corrected chi connectivity index (χ2v) is 6.74. The van der Waals surface area contributed by atoms with Gasteiger partial charge in [-0.2, -0.15) is 13.2 Å². The third-order valence-electron chi connectivity index (χ3n) is 3.37. The van der Waals surface area contributed by atoms with Gasteiger partial charge in [0, 0.05) is 5.02 Å². The van der Waals surface area contributed by atoms with Gasteiger partial charge in [0.2, 0.25) is 5.91 Å². The van der Waals surface area contributed by atoms with Gasteiger partial charge < -0.3 is 10.1 Å². The van der Waals surface area contributed by atoms with Gasteiger partial charge in [-0.15, -0.1) is 11.3 Å². The summed E-state index contributed by atoms with van der Waals surface area (Å²) >= 11 is 7.13. The molecule has 0 radical (unpaired) electrons. The van der Waals surface area contributed by atoms with E-state index in [4.69, 9.17) is 16.3 Å². The molecule has 1 aromatic carbocycles. The number of carbonyl (C=O) groups is 1. The second-order valence-electron chi connectivity index (χ2n) is 5.41. The fourth-order valence-corrected chi connectivity index (χ4v) is 3.13. The lowest BCUT2D eigenvalue weighted by atomic mass is 10.3. The minimum Gasteiger partial charge on any atom is -0.482 e. The molecule has 0 fully saturated rings. The lowest BCUT2D eigenvalue weighted by molar-refractivity contribution is -0.153. The van der Waals surface area contributed by atoms with Crippen molar-refractivity contribution in [2.75, 3.05) is 11.9 Å². The summed E-state index contributed by atoms with van der Waals surface area (Å²) in [5.41, 5.74) is -0.426. The number of ether oxygens (including phenoxy) is 1. The maximum absolute atomic E-state index is 12.4. The standard InChI is InChI=1S/C16H11ClF3N3O3S/c17-9-1-2-12(26-7-16(18,19)20)11(5-9)22-13(24)6-23-8-21-14-10(15(23)25)3-4-27-14/h1-5,8H,6-7H2,(H,22,24). The van der Waals surface area contributed by atoms with Crippen molar-refractivity contribution in [2.24, 2.45) is 0 Å². The molecule has 1 N–H and O–H groups in total. The topological polar surface area (TPSA) is 73.2 Å². The summed E-state index contributed by atoms with van der Waals surface area (Å²) in [6.45, 7) is -1.89. The van der Waals surface area contributed by atoms with E-state index in [1.165, 1.54) is 35.9 Å². The number of rotatable bonds is 5. The molecule has 0 unspecified atom stereocenters. The highest BCUT2D eigenvalue weighted by molar-refractivity contribution is 7.16. The second kappa shape index (κ2) is 7.57. The van der Waals surface area contributed by atoms with Gasteiger partial charge in [-0.25, -0.2) is 4.98 Å². The smallest absolute Gasteiger partial charge is 0.422 e. The predicted octanol–water partition coefficient (Wildman–Crippen LogP) is 3.69. The molecule has 0 atom stereocenters. The number of carbonyl (C=O) groups excluding carboxylic acids is 1. The highest BCUT2D eigenvalue weighted by atomic mass is 35.5. The first-order valence-electron chi connectivity index (χ1n) is 7.44. The van der Waals surface area contributed by atoms with Crippen LogP contribution in [0.2, 0.25) is 5.02 Å². The van der Waals surface area contributed by atoms with Crippen LogP contribution in [-0.2, 0) is 11.3 Å². The Bertz CT molecular complexity index is 1050. The van der Waals surface area contributed by atoms with E-state index in [-0.39, 0.29) is 23.0 Å². The first-order chi connectivity index (χ1) is 12.7. The summed E-state index contributed by atoms with van der Waals surface area (Å²) in [6.07, 6.45) is -3.30. The van der Waals surface area contributed by atoms with Gasteiger partial charge in [0.25, 0.3) is 5.56 Å². The van der Waals surface area contributed by atoms with Crippen LogP contribution in [0.25, 0.3) is 10.2 Å². The Labute approximate surface area is 159 Å². The molecule has 142 valence electrons. The van der Waals surface area contributed by atoms with E-state index in [2.05, 4.69) is 10.3 Å². The quantitative estimate of drug-likeness (QED) is 0.687. The highest BCUT2D eigenvalue weighted by Gasteiger charge is 2.29. The van der Waals surface area contributed by atoms with E-state index >= 15 is 0 Å². The van der Waals surface area contributed by atoms with Crippen molar-refractivity contribution in [1.29, 1.82) is 0 Å². The molecule has 2 aromatic heterocycles. The van der Waals surface area contributed by atoms with Crippen LogP contribution in [0, 0.1) is 0 Å². The van der Waals surface area contributed by atoms with Crippen molar-refractivity contribution in [3.05, 3.63) is 51.3 Å². The summed E-state index contributed by atoms with van der Waals surface area (Å²) in [7, 11) is 0. The Hall–Kier alpha value is -2.59. The molecule has 0 saturated carbocycles. The largest absolute Gasteiger partial charge is 0.482 e. The molecule has 0 aliphatic heterocycles. The van der Waals surface area contributed by atoms with Gasteiger partial charge in [0.15, 0.2) is 6.61 Å². The molecule has 2 heterocycles. The normalized spacial score (nSPS) is 11.6. The van der Waals surface area contributed by atoms with Crippen LogP contribution in [-0.4, -0.2) is 28.2 Å². The van der Waals surface area contributed by atoms with Crippen LogP contribution < -0.4 is 15.6 Å². The number of fused-ring (bicyclic) bond motifs is 1. The molecule has 3 rings (SSSR count). The number of amides is 1. The van der Waals surface area contributed by atoms with Crippen LogP contribution in [0.1, 0.15) is 0 Å². The summed E-state index contributed by atoms with van der Waals surface area (Å²) < 4.78 is 42.9. The van der Waals surface area contributed by atoms with Gasteiger partial charge in [0.1, 0.15) is 17.1 Å². The average Bonchev–Trinajstić information content (AvgIpc) is 3.05. The molecule has 0 saturated heterocycles. The number of anilines is 1. The Morgan fingerprint density at radius 2 is 2.11 bits per heavy atom. The van der Waals surface area contributed by atoms with Crippen molar-refractivity contribution >= 4 is 44.7 Å². The zero-order valence-corrected chi connectivity index (χ0v) is 15.0. The predicted molar refractivity (Wildman–Crippen MR) is 95.5 cm³/mol. The van der Waals surface area contributed by atoms with Gasteiger partial charge in [0.05, 0.1) is 17.4 Å². The SMILES string of the molecule is O=C(Cn1cnc2sccc2c1=O)Nc1cc(Cl)ccc1OCC(F)(F)F. The van der Waals surface area contributed by atoms with Crippen molar-refractivity contribution in [1.82, 2.24) is 9.55 Å². The van der Waals surface area contributed by atoms with Crippen molar-refractivity contribution in [3.63, 3.8) is 0 Å². The van der Waals surface area contributed by atoms with Crippen LogP contribution in [0.15, 0.2) is 40.8 Å². The molecule has 6 nitrogen and oxygen atoms in total. The maximum Gasteiger partial charge on any atom is 0.422 e. The number of nitrogens with one attached hydrogen (secondary N) is 1. The third kappa shape index (κ3) is 4.77. The Kier molecular flexibility index (Phi) is 5.38. The minimum absolute atomic E-state index is 0.0330. The number of alkyl halides is 3. The highest BCUT2D eigenvalue weighted by Crippen LogP contribution is 2.29. The van der Waals surface area contributed by atoms with E-state index in [1.54, 1.807) is 11.4 Å². The minimum atomic E-state index is -4.53. The molecule has 0 aliphatic rings. The van der Waals surface area contributed by atoms with Gasteiger partial charge >= 0.3 is 6.18 Å². The van der Waals surface area contributed by atoms with E-state index in [9.17, 15) is 22.8 Å². The molecule has 0 spiro atoms. The van der Waals surface area contributed by atoms with Crippen LogP contribution in [0.5, 0.6) is 5.75 Å². The van der Waals surface area contributed by atoms with E-state index in [0.29, 0.717) is 10.2 Å². The van der Waals surface area contributed by atoms with E-state index in [0.717, 1.165) is 4.57 Å². The number of aromatic nitrogens is 2. The molecule has 27 heavy (non-hydrogen) atoms. The summed E-state index contributed by atoms with van der Waals surface area (Å²) in [5.74, 6) is -0.837. The Morgan fingerprint density at radius 1 is 1.33 bits per heavy atom. The van der Waals surface area contributed by atoms with E-state index in [1.807, 2.05) is 0 Å². The summed E-state index contributed by atoms with van der Waals surface area (Å²) in [6, 6.07) is 5.41. The zero-order valence-electron chi connectivity index (χ0n) is 13.4. The van der Waals surface area contributed by atoms with Crippen LogP contribution >= 0.6 is 22.9 Å². The average molecular weight is 418 g/mol. The van der Waals surface area contributed by atoms with Gasteiger partial charge in [-0.3, -0.25) is 14.2 Å². The number of benzene rings is 1. The zero-order chi connectivity index (χ0) is 19.6. The number of hydrogen-bond donors (Lipinski definition) is 1. The van der Waals surface area contributed by atoms with Crippen molar-refractivity contribution < 1.29 is 22.7 Å². The first kappa shape index (κ1) is 19.2. The summed E-state index contributed by atoms with van der Waals surface area (Å²) in [4.78, 5) is 29.2. The van der Waals surface area contributed by atoms with Crippen LogP contribution in [0.3, 0.4) is 0 Å². The lowest BCUT2D eigenvalue weighted by Gasteiger charge is -2.14. The van der Waals surface area contributed by atoms with Crippen molar-refractivity contribution in [3.8, 4) is 5.75 Å². The van der Waals surface area contributed by atoms with Crippen molar-refractivity contribution in [2.45, 2.75) is 12.7 Å². The molecular formula is C16H11ClF3N3O3S. The Balaban J connectivity index is 1.77. The molecule has 1 amide bonds. The Morgan fingerprint density at radius 3 is 2.85 bits per heavy atom.